The molecule has 1 N–H and O–H groups in total. The molecule has 0 bridgehead atoms. The number of aromatic amines is 1. The number of nitrogens with zero attached hydrogens (tertiary/aromatic N) is 3. The van der Waals surface area contributed by atoms with Crippen LogP contribution in [0.25, 0.3) is 0 Å². The first-order valence-electron chi connectivity index (χ1n) is 8.33. The zero-order chi connectivity index (χ0) is 19.1. The molecule has 0 radical (unpaired) electrons. The topological polar surface area (TPSA) is 103 Å². The maximum atomic E-state index is 12.0. The lowest BCUT2D eigenvalue weighted by atomic mass is 10.1. The summed E-state index contributed by atoms with van der Waals surface area (Å²) < 4.78 is 7.09. The van der Waals surface area contributed by atoms with Gasteiger partial charge in [0.2, 0.25) is 0 Å². The number of hydrogen-bond acceptors (Lipinski definition) is 6. The van der Waals surface area contributed by atoms with Gasteiger partial charge in [0.1, 0.15) is 0 Å². The Morgan fingerprint density at radius 1 is 1.15 bits per heavy atom. The fraction of sp³-hybridized carbons (Fsp3) is 0.222. The molecule has 0 aliphatic carbocycles. The van der Waals surface area contributed by atoms with Crippen molar-refractivity contribution in [3.05, 3.63) is 80.8 Å². The van der Waals surface area contributed by atoms with E-state index in [4.69, 9.17) is 4.74 Å². The van der Waals surface area contributed by atoms with E-state index < -0.39 is 4.92 Å². The second-order valence-electron chi connectivity index (χ2n) is 5.62. The van der Waals surface area contributed by atoms with E-state index in [0.717, 1.165) is 12.0 Å². The minimum atomic E-state index is -0.475. The molecule has 0 saturated heterocycles. The van der Waals surface area contributed by atoms with Crippen molar-refractivity contribution < 1.29 is 9.66 Å². The van der Waals surface area contributed by atoms with Crippen LogP contribution in [0.4, 0.5) is 5.69 Å². The van der Waals surface area contributed by atoms with Crippen molar-refractivity contribution in [2.45, 2.75) is 18.1 Å². The monoisotopic (exact) mass is 386 g/mol. The molecule has 0 atom stereocenters. The van der Waals surface area contributed by atoms with E-state index in [1.165, 1.54) is 17.8 Å². The summed E-state index contributed by atoms with van der Waals surface area (Å²) in [6.07, 6.45) is 0.723. The van der Waals surface area contributed by atoms with E-state index in [2.05, 4.69) is 10.2 Å². The van der Waals surface area contributed by atoms with Crippen LogP contribution in [-0.2, 0) is 13.0 Å². The van der Waals surface area contributed by atoms with Crippen LogP contribution in [-0.4, -0.2) is 32.0 Å². The van der Waals surface area contributed by atoms with E-state index >= 15 is 0 Å². The zero-order valence-corrected chi connectivity index (χ0v) is 15.2. The summed E-state index contributed by atoms with van der Waals surface area (Å²) in [6, 6.07) is 16.1. The maximum Gasteiger partial charge on any atom is 0.343 e. The first kappa shape index (κ1) is 18.7. The van der Waals surface area contributed by atoms with Crippen LogP contribution in [0.15, 0.2) is 64.5 Å². The van der Waals surface area contributed by atoms with Crippen LogP contribution in [0, 0.1) is 10.1 Å². The molecule has 0 unspecified atom stereocenters. The summed E-state index contributed by atoms with van der Waals surface area (Å²) >= 11 is 1.36. The van der Waals surface area contributed by atoms with Gasteiger partial charge in [-0.25, -0.2) is 9.89 Å². The summed E-state index contributed by atoms with van der Waals surface area (Å²) in [5.41, 5.74) is 0.816. The summed E-state index contributed by atoms with van der Waals surface area (Å²) in [6.45, 7) is 0.780. The van der Waals surface area contributed by atoms with Crippen molar-refractivity contribution in [2.75, 3.05) is 12.4 Å². The molecule has 27 heavy (non-hydrogen) atoms. The molecule has 0 aliphatic rings. The number of hydrogen-bond donors (Lipinski definition) is 1. The average Bonchev–Trinajstić information content (AvgIpc) is 3.04. The molecule has 9 heteroatoms. The molecule has 3 aromatic rings. The van der Waals surface area contributed by atoms with Crippen LogP contribution in [0.3, 0.4) is 0 Å². The standard InChI is InChI=1S/C18H18N4O4S/c23-17-19-20-18(21(17)11-10-14-6-2-1-3-7-14)27-13-12-26-16-9-5-4-8-15(16)22(24)25/h1-9H,10-13H2,(H,19,23). The second kappa shape index (κ2) is 9.04. The van der Waals surface area contributed by atoms with Gasteiger partial charge in [-0.3, -0.25) is 14.7 Å². The van der Waals surface area contributed by atoms with Crippen molar-refractivity contribution in [3.63, 3.8) is 0 Å². The first-order chi connectivity index (χ1) is 13.1. The number of rotatable bonds is 9. The van der Waals surface area contributed by atoms with Crippen molar-refractivity contribution >= 4 is 17.4 Å². The van der Waals surface area contributed by atoms with Gasteiger partial charge in [-0.05, 0) is 18.1 Å². The van der Waals surface area contributed by atoms with Crippen LogP contribution in [0.2, 0.25) is 0 Å². The minimum absolute atomic E-state index is 0.0676. The molecular formula is C18H18N4O4S. The lowest BCUT2D eigenvalue weighted by Crippen LogP contribution is -2.19. The molecule has 0 aliphatic heterocycles. The van der Waals surface area contributed by atoms with Gasteiger partial charge < -0.3 is 4.74 Å². The first-order valence-corrected chi connectivity index (χ1v) is 9.32. The SMILES string of the molecule is O=c1[nH]nc(SCCOc2ccccc2[N+](=O)[O-])n1CCc1ccccc1. The fourth-order valence-electron chi connectivity index (χ4n) is 2.51. The molecule has 0 spiro atoms. The van der Waals surface area contributed by atoms with Gasteiger partial charge in [0.25, 0.3) is 0 Å². The van der Waals surface area contributed by atoms with Crippen molar-refractivity contribution in [2.24, 2.45) is 0 Å². The number of benzene rings is 2. The number of aryl methyl sites for hydroxylation is 1. The third-order valence-electron chi connectivity index (χ3n) is 3.82. The van der Waals surface area contributed by atoms with Crippen LogP contribution < -0.4 is 10.4 Å². The summed E-state index contributed by atoms with van der Waals surface area (Å²) in [4.78, 5) is 22.5. The van der Waals surface area contributed by atoms with Crippen molar-refractivity contribution in [3.8, 4) is 5.75 Å². The highest BCUT2D eigenvalue weighted by molar-refractivity contribution is 7.99. The number of ether oxygens (including phenoxy) is 1. The number of aromatic nitrogens is 3. The van der Waals surface area contributed by atoms with Gasteiger partial charge in [0, 0.05) is 18.4 Å². The Labute approximate surface area is 159 Å². The molecule has 3 rings (SSSR count). The molecule has 1 aromatic heterocycles. The predicted octanol–water partition coefficient (Wildman–Crippen LogP) is 2.89. The summed E-state index contributed by atoms with van der Waals surface area (Å²) in [7, 11) is 0. The predicted molar refractivity (Wildman–Crippen MR) is 102 cm³/mol. The van der Waals surface area contributed by atoms with E-state index in [0.29, 0.717) is 17.5 Å². The van der Waals surface area contributed by atoms with E-state index in [9.17, 15) is 14.9 Å². The highest BCUT2D eigenvalue weighted by atomic mass is 32.2. The number of para-hydroxylation sites is 2. The highest BCUT2D eigenvalue weighted by Gasteiger charge is 2.14. The summed E-state index contributed by atoms with van der Waals surface area (Å²) in [5, 5.41) is 18.1. The molecular weight excluding hydrogens is 368 g/mol. The molecule has 8 nitrogen and oxygen atoms in total. The number of thioether (sulfide) groups is 1. The fourth-order valence-corrected chi connectivity index (χ4v) is 3.30. The van der Waals surface area contributed by atoms with Gasteiger partial charge in [-0.15, -0.1) is 5.10 Å². The molecule has 2 aromatic carbocycles. The third kappa shape index (κ3) is 4.98. The lowest BCUT2D eigenvalue weighted by molar-refractivity contribution is -0.385. The smallest absolute Gasteiger partial charge is 0.343 e. The molecule has 0 saturated carbocycles. The zero-order valence-electron chi connectivity index (χ0n) is 14.4. The maximum absolute atomic E-state index is 12.0. The van der Waals surface area contributed by atoms with Crippen LogP contribution >= 0.6 is 11.8 Å². The van der Waals surface area contributed by atoms with Gasteiger partial charge in [0.05, 0.1) is 11.5 Å². The molecule has 1 heterocycles. The molecule has 0 amide bonds. The second-order valence-corrected chi connectivity index (χ2v) is 6.68. The number of H-pyrrole nitrogens is 1. The Morgan fingerprint density at radius 2 is 1.89 bits per heavy atom. The quantitative estimate of drug-likeness (QED) is 0.262. The normalized spacial score (nSPS) is 10.7. The largest absolute Gasteiger partial charge is 0.486 e. The third-order valence-corrected chi connectivity index (χ3v) is 4.76. The molecule has 0 fully saturated rings. The Balaban J connectivity index is 1.55. The van der Waals surface area contributed by atoms with Gasteiger partial charge in [-0.2, -0.15) is 0 Å². The van der Waals surface area contributed by atoms with Crippen molar-refractivity contribution in [1.29, 1.82) is 0 Å². The van der Waals surface area contributed by atoms with E-state index in [-0.39, 0.29) is 23.7 Å². The number of nitrogens with one attached hydrogen (secondary N) is 1. The van der Waals surface area contributed by atoms with E-state index in [1.54, 1.807) is 22.8 Å². The van der Waals surface area contributed by atoms with Crippen molar-refractivity contribution in [1.82, 2.24) is 14.8 Å². The Hall–Kier alpha value is -3.07. The van der Waals surface area contributed by atoms with Crippen LogP contribution in [0.1, 0.15) is 5.56 Å². The van der Waals surface area contributed by atoms with Crippen LogP contribution in [0.5, 0.6) is 5.75 Å². The minimum Gasteiger partial charge on any atom is -0.486 e. The Morgan fingerprint density at radius 3 is 2.67 bits per heavy atom. The average molecular weight is 386 g/mol. The number of nitro benzene ring substituents is 1. The van der Waals surface area contributed by atoms with E-state index in [1.807, 2.05) is 30.3 Å². The van der Waals surface area contributed by atoms with Gasteiger partial charge >= 0.3 is 11.4 Å². The Kier molecular flexibility index (Phi) is 6.26. The van der Waals surface area contributed by atoms with Gasteiger partial charge in [-0.1, -0.05) is 54.2 Å². The number of nitro groups is 1. The lowest BCUT2D eigenvalue weighted by Gasteiger charge is -2.07. The Bertz CT molecular complexity index is 955. The van der Waals surface area contributed by atoms with Gasteiger partial charge in [0.15, 0.2) is 10.9 Å². The highest BCUT2D eigenvalue weighted by Crippen LogP contribution is 2.26. The summed E-state index contributed by atoms with van der Waals surface area (Å²) in [5.74, 6) is 0.730. The molecule has 140 valence electrons.